The van der Waals surface area contributed by atoms with Gasteiger partial charge in [0.25, 0.3) is 0 Å². The van der Waals surface area contributed by atoms with E-state index >= 15 is 0 Å². The largest absolute Gasteiger partial charge is 0.399 e. The van der Waals surface area contributed by atoms with E-state index in [-0.39, 0.29) is 0 Å². The molecule has 0 bridgehead atoms. The number of anilines is 1. The van der Waals surface area contributed by atoms with E-state index in [0.29, 0.717) is 4.90 Å². The van der Waals surface area contributed by atoms with Gasteiger partial charge in [0.15, 0.2) is 9.84 Å². The van der Waals surface area contributed by atoms with Crippen LogP contribution in [-0.4, -0.2) is 20.4 Å². The first-order valence-corrected chi connectivity index (χ1v) is 9.11. The first kappa shape index (κ1) is 14.9. The lowest BCUT2D eigenvalue weighted by atomic mass is 10.1. The monoisotopic (exact) mass is 307 g/mol. The SMILES string of the molecule is CS(=O)(=O)c1ccc(SCCc2ccccc2N)cc1. The molecule has 2 aromatic rings. The molecule has 0 aliphatic carbocycles. The number of hydrogen-bond donors (Lipinski definition) is 1. The van der Waals surface area contributed by atoms with Crippen LogP contribution >= 0.6 is 11.8 Å². The number of rotatable bonds is 5. The van der Waals surface area contributed by atoms with Gasteiger partial charge in [-0.15, -0.1) is 11.8 Å². The quantitative estimate of drug-likeness (QED) is 0.681. The van der Waals surface area contributed by atoms with Crippen molar-refractivity contribution in [2.45, 2.75) is 16.2 Å². The van der Waals surface area contributed by atoms with Crippen LogP contribution in [0.4, 0.5) is 5.69 Å². The van der Waals surface area contributed by atoms with E-state index in [1.807, 2.05) is 36.4 Å². The molecule has 20 heavy (non-hydrogen) atoms. The normalized spacial score (nSPS) is 11.4. The molecule has 2 N–H and O–H groups in total. The number of nitrogens with two attached hydrogens (primary N) is 1. The van der Waals surface area contributed by atoms with Crippen molar-refractivity contribution in [3.8, 4) is 0 Å². The van der Waals surface area contributed by atoms with E-state index in [1.165, 1.54) is 6.26 Å². The third kappa shape index (κ3) is 4.02. The van der Waals surface area contributed by atoms with Crippen molar-refractivity contribution in [2.75, 3.05) is 17.7 Å². The van der Waals surface area contributed by atoms with Crippen molar-refractivity contribution < 1.29 is 8.42 Å². The summed E-state index contributed by atoms with van der Waals surface area (Å²) in [4.78, 5) is 1.42. The van der Waals surface area contributed by atoms with Gasteiger partial charge in [0, 0.05) is 22.6 Å². The average molecular weight is 307 g/mol. The Labute approximate surface area is 124 Å². The molecule has 0 saturated heterocycles. The Bertz CT molecular complexity index is 679. The van der Waals surface area contributed by atoms with Gasteiger partial charge in [0.2, 0.25) is 0 Å². The van der Waals surface area contributed by atoms with Crippen LogP contribution in [0.25, 0.3) is 0 Å². The summed E-state index contributed by atoms with van der Waals surface area (Å²) in [5, 5.41) is 0. The lowest BCUT2D eigenvalue weighted by Gasteiger charge is -2.06. The van der Waals surface area contributed by atoms with E-state index in [2.05, 4.69) is 0 Å². The Morgan fingerprint density at radius 3 is 2.30 bits per heavy atom. The number of aryl methyl sites for hydroxylation is 1. The zero-order chi connectivity index (χ0) is 14.6. The van der Waals surface area contributed by atoms with Crippen LogP contribution in [0.15, 0.2) is 58.3 Å². The van der Waals surface area contributed by atoms with Crippen molar-refractivity contribution >= 4 is 27.3 Å². The van der Waals surface area contributed by atoms with Gasteiger partial charge in [-0.1, -0.05) is 18.2 Å². The fraction of sp³-hybridized carbons (Fsp3) is 0.200. The molecule has 0 unspecified atom stereocenters. The molecule has 2 aromatic carbocycles. The van der Waals surface area contributed by atoms with Crippen LogP contribution in [0.5, 0.6) is 0 Å². The number of benzene rings is 2. The summed E-state index contributed by atoms with van der Waals surface area (Å²) < 4.78 is 22.7. The van der Waals surface area contributed by atoms with Gasteiger partial charge in [0.1, 0.15) is 0 Å². The third-order valence-electron chi connectivity index (χ3n) is 2.95. The number of sulfone groups is 1. The zero-order valence-corrected chi connectivity index (χ0v) is 12.9. The molecule has 0 aliphatic rings. The van der Waals surface area contributed by atoms with Crippen LogP contribution in [0.3, 0.4) is 0 Å². The number of thioether (sulfide) groups is 1. The maximum absolute atomic E-state index is 11.4. The van der Waals surface area contributed by atoms with Crippen LogP contribution < -0.4 is 5.73 Å². The highest BCUT2D eigenvalue weighted by molar-refractivity contribution is 7.99. The molecular formula is C15H17NO2S2. The number of nitrogen functional groups attached to an aromatic ring is 1. The zero-order valence-electron chi connectivity index (χ0n) is 11.2. The van der Waals surface area contributed by atoms with E-state index in [0.717, 1.165) is 28.3 Å². The molecule has 5 heteroatoms. The molecule has 0 aliphatic heterocycles. The first-order chi connectivity index (χ1) is 9.47. The molecule has 0 amide bonds. The minimum atomic E-state index is -3.11. The fourth-order valence-electron chi connectivity index (χ4n) is 1.82. The van der Waals surface area contributed by atoms with E-state index in [9.17, 15) is 8.42 Å². The second-order valence-corrected chi connectivity index (χ2v) is 7.72. The van der Waals surface area contributed by atoms with E-state index < -0.39 is 9.84 Å². The van der Waals surface area contributed by atoms with Crippen molar-refractivity contribution in [1.82, 2.24) is 0 Å². The topological polar surface area (TPSA) is 60.2 Å². The van der Waals surface area contributed by atoms with E-state index in [1.54, 1.807) is 23.9 Å². The molecular weight excluding hydrogens is 290 g/mol. The maximum atomic E-state index is 11.4. The maximum Gasteiger partial charge on any atom is 0.175 e. The molecule has 0 aromatic heterocycles. The summed E-state index contributed by atoms with van der Waals surface area (Å²) in [6.07, 6.45) is 2.11. The van der Waals surface area contributed by atoms with E-state index in [4.69, 9.17) is 5.73 Å². The van der Waals surface area contributed by atoms with Crippen molar-refractivity contribution in [3.63, 3.8) is 0 Å². The summed E-state index contributed by atoms with van der Waals surface area (Å²) in [6, 6.07) is 14.8. The molecule has 106 valence electrons. The van der Waals surface area contributed by atoms with Gasteiger partial charge >= 0.3 is 0 Å². The molecule has 0 fully saturated rings. The van der Waals surface area contributed by atoms with Crippen LogP contribution in [-0.2, 0) is 16.3 Å². The van der Waals surface area contributed by atoms with Gasteiger partial charge in [-0.2, -0.15) is 0 Å². The molecule has 3 nitrogen and oxygen atoms in total. The van der Waals surface area contributed by atoms with Crippen LogP contribution in [0.2, 0.25) is 0 Å². The Hall–Kier alpha value is -1.46. The summed E-state index contributed by atoms with van der Waals surface area (Å²) >= 11 is 1.69. The minimum absolute atomic E-state index is 0.356. The average Bonchev–Trinajstić information content (AvgIpc) is 2.40. The highest BCUT2D eigenvalue weighted by Crippen LogP contribution is 2.22. The van der Waals surface area contributed by atoms with Crippen molar-refractivity contribution in [1.29, 1.82) is 0 Å². The molecule has 2 rings (SSSR count). The molecule has 0 heterocycles. The summed E-state index contributed by atoms with van der Waals surface area (Å²) in [7, 11) is -3.11. The van der Waals surface area contributed by atoms with Crippen molar-refractivity contribution in [2.24, 2.45) is 0 Å². The highest BCUT2D eigenvalue weighted by Gasteiger charge is 2.06. The minimum Gasteiger partial charge on any atom is -0.399 e. The second-order valence-electron chi connectivity index (χ2n) is 4.54. The van der Waals surface area contributed by atoms with Crippen LogP contribution in [0.1, 0.15) is 5.56 Å². The summed E-state index contributed by atoms with van der Waals surface area (Å²) in [5.74, 6) is 0.909. The fourth-order valence-corrected chi connectivity index (χ4v) is 3.34. The molecule has 0 radical (unpaired) electrons. The number of para-hydroxylation sites is 1. The standard InChI is InChI=1S/C15H17NO2S2/c1-20(17,18)14-8-6-13(7-9-14)19-11-10-12-4-2-3-5-15(12)16/h2-9H,10-11,16H2,1H3. The Balaban J connectivity index is 1.94. The first-order valence-electron chi connectivity index (χ1n) is 6.23. The van der Waals surface area contributed by atoms with Gasteiger partial charge in [-0.05, 0) is 42.3 Å². The molecule has 0 saturated carbocycles. The smallest absolute Gasteiger partial charge is 0.175 e. The Morgan fingerprint density at radius 1 is 1.05 bits per heavy atom. The molecule has 0 atom stereocenters. The van der Waals surface area contributed by atoms with Gasteiger partial charge in [-0.3, -0.25) is 0 Å². The van der Waals surface area contributed by atoms with Crippen LogP contribution in [0, 0.1) is 0 Å². The van der Waals surface area contributed by atoms with Gasteiger partial charge in [-0.25, -0.2) is 8.42 Å². The Morgan fingerprint density at radius 2 is 1.70 bits per heavy atom. The lowest BCUT2D eigenvalue weighted by molar-refractivity contribution is 0.602. The Kier molecular flexibility index (Phi) is 4.73. The third-order valence-corrected chi connectivity index (χ3v) is 5.09. The van der Waals surface area contributed by atoms with Gasteiger partial charge in [0.05, 0.1) is 4.90 Å². The summed E-state index contributed by atoms with van der Waals surface area (Å²) in [5.41, 5.74) is 7.86. The summed E-state index contributed by atoms with van der Waals surface area (Å²) in [6.45, 7) is 0. The predicted molar refractivity (Wildman–Crippen MR) is 84.8 cm³/mol. The van der Waals surface area contributed by atoms with Crippen molar-refractivity contribution in [3.05, 3.63) is 54.1 Å². The van der Waals surface area contributed by atoms with Gasteiger partial charge < -0.3 is 5.73 Å². The number of hydrogen-bond acceptors (Lipinski definition) is 4. The lowest BCUT2D eigenvalue weighted by Crippen LogP contribution is -1.97. The highest BCUT2D eigenvalue weighted by atomic mass is 32.2. The predicted octanol–water partition coefficient (Wildman–Crippen LogP) is 3.01. The molecule has 0 spiro atoms. The second kappa shape index (κ2) is 6.33.